The van der Waals surface area contributed by atoms with E-state index in [1.165, 1.54) is 0 Å². The molecule has 2 aliphatic rings. The summed E-state index contributed by atoms with van der Waals surface area (Å²) in [6.45, 7) is 1.93. The number of halogens is 5. The van der Waals surface area contributed by atoms with Crippen LogP contribution in [0.15, 0.2) is 11.6 Å². The molecule has 0 radical (unpaired) electrons. The first kappa shape index (κ1) is 18.2. The first-order valence-corrected chi connectivity index (χ1v) is 8.55. The Morgan fingerprint density at radius 3 is 2.64 bits per heavy atom. The summed E-state index contributed by atoms with van der Waals surface area (Å²) in [5.41, 5.74) is -1.91. The molecule has 0 saturated carbocycles. The Labute approximate surface area is 147 Å². The molecule has 1 aromatic rings. The number of hydrogen-bond donors (Lipinski definition) is 1. The first-order valence-electron chi connectivity index (χ1n) is 8.17. The average Bonchev–Trinajstić information content (AvgIpc) is 2.85. The minimum atomic E-state index is -4.81. The van der Waals surface area contributed by atoms with Gasteiger partial charge in [-0.3, -0.25) is 4.79 Å². The van der Waals surface area contributed by atoms with E-state index in [1.54, 1.807) is 0 Å². The number of rotatable bonds is 3. The largest absolute Gasteiger partial charge is 0.504 e. The quantitative estimate of drug-likeness (QED) is 0.697. The lowest BCUT2D eigenvalue weighted by molar-refractivity contribution is -0.130. The van der Waals surface area contributed by atoms with Gasteiger partial charge in [-0.25, -0.2) is 4.39 Å². The molecule has 0 amide bonds. The van der Waals surface area contributed by atoms with Gasteiger partial charge < -0.3 is 5.11 Å². The van der Waals surface area contributed by atoms with Crippen molar-refractivity contribution >= 4 is 23.0 Å². The van der Waals surface area contributed by atoms with Gasteiger partial charge in [0, 0.05) is 11.8 Å². The molecule has 0 fully saturated rings. The molecule has 0 spiro atoms. The van der Waals surface area contributed by atoms with Crippen LogP contribution < -0.4 is 0 Å². The highest BCUT2D eigenvalue weighted by molar-refractivity contribution is 6.33. The van der Waals surface area contributed by atoms with Gasteiger partial charge in [-0.15, -0.1) is 0 Å². The molecule has 1 atom stereocenters. The smallest absolute Gasteiger partial charge is 0.420 e. The maximum absolute atomic E-state index is 14.0. The number of phenols is 1. The van der Waals surface area contributed by atoms with Crippen molar-refractivity contribution in [2.24, 2.45) is 5.41 Å². The van der Waals surface area contributed by atoms with Crippen molar-refractivity contribution < 1.29 is 27.5 Å². The molecule has 0 heterocycles. The summed E-state index contributed by atoms with van der Waals surface area (Å²) in [6.07, 6.45) is -2.63. The highest BCUT2D eigenvalue weighted by atomic mass is 35.5. The van der Waals surface area contributed by atoms with Gasteiger partial charge in [-0.2, -0.15) is 13.2 Å². The van der Waals surface area contributed by atoms with Crippen molar-refractivity contribution in [2.75, 3.05) is 0 Å². The minimum Gasteiger partial charge on any atom is -0.504 e. The Balaban J connectivity index is 2.34. The van der Waals surface area contributed by atoms with Crippen molar-refractivity contribution in [3.05, 3.63) is 33.6 Å². The predicted molar refractivity (Wildman–Crippen MR) is 86.0 cm³/mol. The number of fused-ring (bicyclic) bond motifs is 3. The van der Waals surface area contributed by atoms with Crippen LogP contribution in [0.4, 0.5) is 17.6 Å². The monoisotopic (exact) mass is 376 g/mol. The second-order valence-corrected chi connectivity index (χ2v) is 7.16. The van der Waals surface area contributed by atoms with Crippen molar-refractivity contribution in [3.63, 3.8) is 0 Å². The fraction of sp³-hybridized carbons (Fsp3) is 0.500. The van der Waals surface area contributed by atoms with Gasteiger partial charge in [0.1, 0.15) is 5.57 Å². The van der Waals surface area contributed by atoms with E-state index < -0.39 is 34.5 Å². The van der Waals surface area contributed by atoms with E-state index in [9.17, 15) is 27.5 Å². The number of ketones is 1. The van der Waals surface area contributed by atoms with Crippen LogP contribution in [-0.2, 0) is 11.2 Å². The number of aromatic hydroxyl groups is 1. The fourth-order valence-electron chi connectivity index (χ4n) is 4.14. The van der Waals surface area contributed by atoms with Crippen LogP contribution >= 0.6 is 11.6 Å². The number of carbonyl (C=O) groups is 1. The van der Waals surface area contributed by atoms with Gasteiger partial charge in [0.2, 0.25) is 0 Å². The number of hydrogen-bond acceptors (Lipinski definition) is 2. The van der Waals surface area contributed by atoms with Gasteiger partial charge in [0.05, 0.1) is 5.02 Å². The third-order valence-corrected chi connectivity index (χ3v) is 5.67. The van der Waals surface area contributed by atoms with Crippen LogP contribution in [0, 0.1) is 11.2 Å². The summed E-state index contributed by atoms with van der Waals surface area (Å²) in [5.74, 6) is -2.81. The van der Waals surface area contributed by atoms with Crippen molar-refractivity contribution in [1.29, 1.82) is 0 Å². The van der Waals surface area contributed by atoms with Crippen LogP contribution in [0.2, 0.25) is 5.02 Å². The van der Waals surface area contributed by atoms with Gasteiger partial charge in [-0.1, -0.05) is 31.4 Å². The molecule has 0 aromatic heterocycles. The molecule has 0 saturated heterocycles. The highest BCUT2D eigenvalue weighted by Crippen LogP contribution is 2.60. The predicted octanol–water partition coefficient (Wildman–Crippen LogP) is 5.60. The number of allylic oxidation sites excluding steroid dienone is 2. The Hall–Kier alpha value is -1.56. The zero-order valence-corrected chi connectivity index (χ0v) is 14.3. The van der Waals surface area contributed by atoms with Crippen LogP contribution in [0.5, 0.6) is 5.75 Å². The van der Waals surface area contributed by atoms with Crippen LogP contribution in [0.1, 0.15) is 50.2 Å². The van der Waals surface area contributed by atoms with Crippen LogP contribution in [0.3, 0.4) is 0 Å². The van der Waals surface area contributed by atoms with E-state index in [4.69, 9.17) is 11.6 Å². The number of carbonyl (C=O) groups excluding carboxylic acids is 1. The third kappa shape index (κ3) is 2.75. The van der Waals surface area contributed by atoms with E-state index in [1.807, 2.05) is 6.92 Å². The Morgan fingerprint density at radius 2 is 2.04 bits per heavy atom. The second kappa shape index (κ2) is 6.01. The second-order valence-electron chi connectivity index (χ2n) is 6.78. The molecule has 1 unspecified atom stereocenters. The van der Waals surface area contributed by atoms with Gasteiger partial charge >= 0.3 is 6.18 Å². The number of benzene rings is 1. The molecular weight excluding hydrogens is 360 g/mol. The molecule has 0 aliphatic heterocycles. The average molecular weight is 377 g/mol. The minimum absolute atomic E-state index is 0.0109. The summed E-state index contributed by atoms with van der Waals surface area (Å²) in [4.78, 5) is 12.1. The zero-order valence-electron chi connectivity index (χ0n) is 13.6. The lowest BCUT2D eigenvalue weighted by atomic mass is 9.67. The molecular formula is C18H17ClF4O2. The SMILES string of the molecule is CCCCC12CCC(=O)C(C(F)(F)F)=C1c1cc(F)c(O)c(Cl)c1C2. The van der Waals surface area contributed by atoms with Crippen molar-refractivity contribution in [1.82, 2.24) is 0 Å². The van der Waals surface area contributed by atoms with E-state index in [0.29, 0.717) is 18.4 Å². The molecule has 2 nitrogen and oxygen atoms in total. The van der Waals surface area contributed by atoms with Crippen LogP contribution in [-0.4, -0.2) is 17.1 Å². The standard InChI is InChI=1S/C18H17ClF4O2/c1-2-3-5-17-6-4-12(24)14(18(21,22)23)13(17)9-7-11(20)16(25)15(19)10(9)8-17/h7,25H,2-6,8H2,1H3. The topological polar surface area (TPSA) is 37.3 Å². The van der Waals surface area contributed by atoms with Gasteiger partial charge in [-0.05, 0) is 42.0 Å². The van der Waals surface area contributed by atoms with Gasteiger partial charge in [0.25, 0.3) is 0 Å². The van der Waals surface area contributed by atoms with Gasteiger partial charge in [0.15, 0.2) is 17.3 Å². The molecule has 0 bridgehead atoms. The maximum Gasteiger partial charge on any atom is 0.420 e. The Morgan fingerprint density at radius 1 is 1.36 bits per heavy atom. The van der Waals surface area contributed by atoms with E-state index in [-0.39, 0.29) is 35.4 Å². The number of alkyl halides is 3. The molecule has 7 heteroatoms. The lowest BCUT2D eigenvalue weighted by Gasteiger charge is -2.37. The van der Waals surface area contributed by atoms with Crippen molar-refractivity contribution in [2.45, 2.75) is 51.6 Å². The fourth-order valence-corrected chi connectivity index (χ4v) is 4.40. The van der Waals surface area contributed by atoms with E-state index in [0.717, 1.165) is 12.5 Å². The Kier molecular flexibility index (Phi) is 4.38. The molecule has 3 rings (SSSR count). The number of unbranched alkanes of at least 4 members (excludes halogenated alkanes) is 1. The highest BCUT2D eigenvalue weighted by Gasteiger charge is 2.54. The normalized spacial score (nSPS) is 23.0. The molecule has 136 valence electrons. The molecule has 25 heavy (non-hydrogen) atoms. The molecule has 2 aliphatic carbocycles. The number of phenolic OH excluding ortho intramolecular Hbond substituents is 1. The van der Waals surface area contributed by atoms with Crippen molar-refractivity contribution in [3.8, 4) is 5.75 Å². The molecule has 1 N–H and O–H groups in total. The van der Waals surface area contributed by atoms with E-state index in [2.05, 4.69) is 0 Å². The summed E-state index contributed by atoms with van der Waals surface area (Å²) in [6, 6.07) is 0.879. The number of Topliss-reactive ketones (excluding diaryl/α,β-unsaturated/α-hetero) is 1. The summed E-state index contributed by atoms with van der Waals surface area (Å²) in [7, 11) is 0. The maximum atomic E-state index is 14.0. The first-order chi connectivity index (χ1) is 11.6. The zero-order chi connectivity index (χ0) is 18.6. The molecule has 1 aromatic carbocycles. The third-order valence-electron chi connectivity index (χ3n) is 5.26. The summed E-state index contributed by atoms with van der Waals surface area (Å²) >= 11 is 6.02. The summed E-state index contributed by atoms with van der Waals surface area (Å²) < 4.78 is 54.9. The Bertz CT molecular complexity index is 782. The summed E-state index contributed by atoms with van der Waals surface area (Å²) in [5, 5.41) is 9.47. The van der Waals surface area contributed by atoms with E-state index >= 15 is 0 Å². The van der Waals surface area contributed by atoms with Crippen LogP contribution in [0.25, 0.3) is 5.57 Å². The lowest BCUT2D eigenvalue weighted by Crippen LogP contribution is -2.34.